The first-order chi connectivity index (χ1) is 5.52. The Kier molecular flexibility index (Phi) is 2.85. The summed E-state index contributed by atoms with van der Waals surface area (Å²) in [6.07, 6.45) is 1.83. The summed E-state index contributed by atoms with van der Waals surface area (Å²) in [6.45, 7) is 2.46. The smallest absolute Gasteiger partial charge is 0.221 e. The normalized spacial score (nSPS) is 19.8. The molecule has 1 heterocycles. The zero-order valence-corrected chi connectivity index (χ0v) is 7.93. The molecule has 70 valence electrons. The third kappa shape index (κ3) is 2.28. The number of hydrogen-bond donors (Lipinski definition) is 0. The van der Waals surface area contributed by atoms with E-state index in [1.165, 1.54) is 11.2 Å². The molecule has 0 radical (unpaired) electrons. The summed E-state index contributed by atoms with van der Waals surface area (Å²) in [5, 5.41) is 0. The molecule has 0 aromatic rings. The highest BCUT2D eigenvalue weighted by molar-refractivity contribution is 7.89. The topological polar surface area (TPSA) is 54.5 Å². The molecule has 0 atom stereocenters. The van der Waals surface area contributed by atoms with Crippen LogP contribution >= 0.6 is 0 Å². The van der Waals surface area contributed by atoms with Gasteiger partial charge in [-0.05, 0) is 19.8 Å². The first-order valence-corrected chi connectivity index (χ1v) is 5.60. The lowest BCUT2D eigenvalue weighted by Gasteiger charge is -2.13. The van der Waals surface area contributed by atoms with E-state index in [0.717, 1.165) is 12.8 Å². The van der Waals surface area contributed by atoms with Gasteiger partial charge in [0.2, 0.25) is 10.0 Å². The van der Waals surface area contributed by atoms with Gasteiger partial charge in [-0.25, -0.2) is 12.7 Å². The predicted molar refractivity (Wildman–Crippen MR) is 45.3 cm³/mol. The standard InChI is InChI=1S/C7H13NO3S/c1-7(9)6-12(10,11)8-4-2-3-5-8/h2-6H2,1H3. The molecule has 1 fully saturated rings. The minimum Gasteiger partial charge on any atom is -0.299 e. The maximum absolute atomic E-state index is 11.3. The van der Waals surface area contributed by atoms with Crippen molar-refractivity contribution in [2.75, 3.05) is 18.8 Å². The summed E-state index contributed by atoms with van der Waals surface area (Å²) < 4.78 is 24.1. The molecule has 0 aromatic heterocycles. The van der Waals surface area contributed by atoms with Gasteiger partial charge in [0.15, 0.2) is 0 Å². The van der Waals surface area contributed by atoms with Crippen molar-refractivity contribution >= 4 is 15.8 Å². The van der Waals surface area contributed by atoms with Crippen LogP contribution in [0.1, 0.15) is 19.8 Å². The number of nitrogens with zero attached hydrogens (tertiary/aromatic N) is 1. The van der Waals surface area contributed by atoms with Crippen LogP contribution < -0.4 is 0 Å². The first-order valence-electron chi connectivity index (χ1n) is 3.99. The van der Waals surface area contributed by atoms with Gasteiger partial charge in [0, 0.05) is 13.1 Å². The van der Waals surface area contributed by atoms with E-state index in [0.29, 0.717) is 13.1 Å². The zero-order chi connectivity index (χ0) is 9.19. The Bertz CT molecular complexity index is 264. The van der Waals surface area contributed by atoms with Crippen molar-refractivity contribution in [3.05, 3.63) is 0 Å². The largest absolute Gasteiger partial charge is 0.299 e. The van der Waals surface area contributed by atoms with E-state index in [-0.39, 0.29) is 11.5 Å². The van der Waals surface area contributed by atoms with Crippen molar-refractivity contribution in [3.8, 4) is 0 Å². The van der Waals surface area contributed by atoms with Gasteiger partial charge in [0.25, 0.3) is 0 Å². The summed E-state index contributed by atoms with van der Waals surface area (Å²) in [4.78, 5) is 10.6. The van der Waals surface area contributed by atoms with Crippen LogP contribution in [0.2, 0.25) is 0 Å². The second-order valence-electron chi connectivity index (χ2n) is 3.06. The number of carbonyl (C=O) groups excluding carboxylic acids is 1. The van der Waals surface area contributed by atoms with Crippen LogP contribution in [0.15, 0.2) is 0 Å². The van der Waals surface area contributed by atoms with E-state index in [1.54, 1.807) is 0 Å². The molecule has 0 unspecified atom stereocenters. The number of rotatable bonds is 3. The third-order valence-corrected chi connectivity index (χ3v) is 3.77. The van der Waals surface area contributed by atoms with E-state index in [4.69, 9.17) is 0 Å². The molecule has 0 saturated carbocycles. The lowest BCUT2D eigenvalue weighted by atomic mass is 10.4. The van der Waals surface area contributed by atoms with E-state index in [9.17, 15) is 13.2 Å². The number of hydrogen-bond acceptors (Lipinski definition) is 3. The Balaban J connectivity index is 2.64. The predicted octanol–water partition coefficient (Wildman–Crippen LogP) is 0.00100. The average molecular weight is 191 g/mol. The average Bonchev–Trinajstić information content (AvgIpc) is 2.32. The molecule has 1 aliphatic heterocycles. The van der Waals surface area contributed by atoms with Crippen LogP contribution in [0.25, 0.3) is 0 Å². The van der Waals surface area contributed by atoms with E-state index in [2.05, 4.69) is 0 Å². The fraction of sp³-hybridized carbons (Fsp3) is 0.857. The molecule has 5 heteroatoms. The quantitative estimate of drug-likeness (QED) is 0.631. The van der Waals surface area contributed by atoms with Crippen LogP contribution in [0.4, 0.5) is 0 Å². The molecule has 1 rings (SSSR count). The minimum atomic E-state index is -3.28. The van der Waals surface area contributed by atoms with Crippen LogP contribution in [0.3, 0.4) is 0 Å². The highest BCUT2D eigenvalue weighted by Gasteiger charge is 2.25. The van der Waals surface area contributed by atoms with Crippen molar-refractivity contribution < 1.29 is 13.2 Å². The van der Waals surface area contributed by atoms with Gasteiger partial charge in [0.1, 0.15) is 11.5 Å². The molecule has 1 aliphatic rings. The van der Waals surface area contributed by atoms with Gasteiger partial charge in [0.05, 0.1) is 0 Å². The Morgan fingerprint density at radius 1 is 1.33 bits per heavy atom. The molecule has 0 N–H and O–H groups in total. The number of ketones is 1. The van der Waals surface area contributed by atoms with Gasteiger partial charge in [-0.1, -0.05) is 0 Å². The van der Waals surface area contributed by atoms with Crippen molar-refractivity contribution in [1.82, 2.24) is 4.31 Å². The summed E-state index contributed by atoms with van der Waals surface area (Å²) in [7, 11) is -3.28. The second kappa shape index (κ2) is 3.53. The minimum absolute atomic E-state index is 0.290. The monoisotopic (exact) mass is 191 g/mol. The molecule has 0 aromatic carbocycles. The van der Waals surface area contributed by atoms with Crippen molar-refractivity contribution in [1.29, 1.82) is 0 Å². The maximum Gasteiger partial charge on any atom is 0.221 e. The number of carbonyl (C=O) groups is 1. The molecule has 0 spiro atoms. The Morgan fingerprint density at radius 2 is 1.83 bits per heavy atom. The number of sulfonamides is 1. The Labute approximate surface area is 72.6 Å². The van der Waals surface area contributed by atoms with Gasteiger partial charge < -0.3 is 0 Å². The van der Waals surface area contributed by atoms with Crippen LogP contribution in [-0.4, -0.2) is 37.3 Å². The van der Waals surface area contributed by atoms with Gasteiger partial charge in [-0.3, -0.25) is 4.79 Å². The fourth-order valence-corrected chi connectivity index (χ4v) is 2.83. The summed E-state index contributed by atoms with van der Waals surface area (Å²) in [5.74, 6) is -0.630. The van der Waals surface area contributed by atoms with Crippen molar-refractivity contribution in [2.45, 2.75) is 19.8 Å². The van der Waals surface area contributed by atoms with Gasteiger partial charge >= 0.3 is 0 Å². The summed E-state index contributed by atoms with van der Waals surface area (Å²) >= 11 is 0. The molecule has 0 aliphatic carbocycles. The number of Topliss-reactive ketones (excluding diaryl/α,β-unsaturated/α-hetero) is 1. The summed E-state index contributed by atoms with van der Waals surface area (Å²) in [5.41, 5.74) is 0. The molecule has 0 bridgehead atoms. The van der Waals surface area contributed by atoms with Crippen LogP contribution in [0, 0.1) is 0 Å². The maximum atomic E-state index is 11.3. The molecule has 0 amide bonds. The van der Waals surface area contributed by atoms with E-state index < -0.39 is 10.0 Å². The van der Waals surface area contributed by atoms with Crippen molar-refractivity contribution in [3.63, 3.8) is 0 Å². The third-order valence-electron chi connectivity index (χ3n) is 1.84. The SMILES string of the molecule is CC(=O)CS(=O)(=O)N1CCCC1. The fourth-order valence-electron chi connectivity index (χ4n) is 1.31. The van der Waals surface area contributed by atoms with Gasteiger partial charge in [-0.2, -0.15) is 0 Å². The summed E-state index contributed by atoms with van der Waals surface area (Å²) in [6, 6.07) is 0. The van der Waals surface area contributed by atoms with E-state index >= 15 is 0 Å². The van der Waals surface area contributed by atoms with Crippen LogP contribution in [-0.2, 0) is 14.8 Å². The molecule has 4 nitrogen and oxygen atoms in total. The Morgan fingerprint density at radius 3 is 2.25 bits per heavy atom. The van der Waals surface area contributed by atoms with Gasteiger partial charge in [-0.15, -0.1) is 0 Å². The molecular formula is C7H13NO3S. The van der Waals surface area contributed by atoms with Crippen molar-refractivity contribution in [2.24, 2.45) is 0 Å². The first kappa shape index (κ1) is 9.67. The lowest BCUT2D eigenvalue weighted by molar-refractivity contribution is -0.114. The highest BCUT2D eigenvalue weighted by Crippen LogP contribution is 2.12. The zero-order valence-electron chi connectivity index (χ0n) is 7.12. The highest BCUT2D eigenvalue weighted by atomic mass is 32.2. The Hall–Kier alpha value is -0.420. The molecular weight excluding hydrogens is 178 g/mol. The van der Waals surface area contributed by atoms with E-state index in [1.807, 2.05) is 0 Å². The lowest BCUT2D eigenvalue weighted by Crippen LogP contribution is -2.32. The molecule has 12 heavy (non-hydrogen) atoms. The van der Waals surface area contributed by atoms with Crippen LogP contribution in [0.5, 0.6) is 0 Å². The molecule has 1 saturated heterocycles. The second-order valence-corrected chi connectivity index (χ2v) is 5.03.